The van der Waals surface area contributed by atoms with Crippen LogP contribution in [-0.2, 0) is 9.59 Å². The van der Waals surface area contributed by atoms with E-state index in [-0.39, 0.29) is 17.7 Å². The third kappa shape index (κ3) is 3.81. The highest BCUT2D eigenvalue weighted by Crippen LogP contribution is 2.31. The average Bonchev–Trinajstić information content (AvgIpc) is 3.17. The summed E-state index contributed by atoms with van der Waals surface area (Å²) in [6.45, 7) is 2.23. The summed E-state index contributed by atoms with van der Waals surface area (Å²) in [5.41, 5.74) is 2.39. The molecule has 0 unspecified atom stereocenters. The molecule has 1 aliphatic carbocycles. The molecule has 0 atom stereocenters. The van der Waals surface area contributed by atoms with E-state index in [1.165, 1.54) is 0 Å². The molecule has 108 valence electrons. The number of hydrogen-bond acceptors (Lipinski definition) is 3. The van der Waals surface area contributed by atoms with Crippen molar-refractivity contribution < 1.29 is 9.59 Å². The van der Waals surface area contributed by atoms with E-state index in [1.54, 1.807) is 0 Å². The van der Waals surface area contributed by atoms with Crippen LogP contribution >= 0.6 is 0 Å². The maximum absolute atomic E-state index is 11.8. The van der Waals surface area contributed by atoms with E-state index in [0.29, 0.717) is 6.54 Å². The van der Waals surface area contributed by atoms with Gasteiger partial charge in [-0.3, -0.25) is 9.59 Å². The fourth-order valence-corrected chi connectivity index (χ4v) is 1.96. The quantitative estimate of drug-likeness (QED) is 0.862. The molecule has 2 rings (SSSR count). The van der Waals surface area contributed by atoms with E-state index in [9.17, 15) is 9.59 Å². The maximum atomic E-state index is 11.8. The van der Waals surface area contributed by atoms with E-state index in [0.717, 1.165) is 29.8 Å². The minimum absolute atomic E-state index is 0.0660. The van der Waals surface area contributed by atoms with Crippen molar-refractivity contribution in [3.8, 4) is 0 Å². The summed E-state index contributed by atoms with van der Waals surface area (Å²) in [6, 6.07) is 5.54. The van der Waals surface area contributed by atoms with Gasteiger partial charge in [-0.15, -0.1) is 0 Å². The van der Waals surface area contributed by atoms with E-state index in [2.05, 4.69) is 10.6 Å². The number of amides is 2. The number of likely N-dealkylation sites (N-methyl/N-ethyl adjacent to an activating group) is 1. The van der Waals surface area contributed by atoms with Crippen molar-refractivity contribution in [2.75, 3.05) is 31.3 Å². The first kappa shape index (κ1) is 14.5. The first-order valence-electron chi connectivity index (χ1n) is 6.82. The Bertz CT molecular complexity index is 522. The lowest BCUT2D eigenvalue weighted by Crippen LogP contribution is -2.27. The lowest BCUT2D eigenvalue weighted by molar-refractivity contribution is -0.117. The van der Waals surface area contributed by atoms with Gasteiger partial charge in [-0.1, -0.05) is 6.07 Å². The Morgan fingerprint density at radius 2 is 1.80 bits per heavy atom. The van der Waals surface area contributed by atoms with Crippen molar-refractivity contribution in [1.82, 2.24) is 4.90 Å². The number of nitrogens with one attached hydrogen (secondary N) is 2. The summed E-state index contributed by atoms with van der Waals surface area (Å²) < 4.78 is 0. The Hall–Kier alpha value is -1.88. The van der Waals surface area contributed by atoms with Gasteiger partial charge < -0.3 is 15.5 Å². The Kier molecular flexibility index (Phi) is 4.39. The monoisotopic (exact) mass is 275 g/mol. The van der Waals surface area contributed by atoms with Crippen LogP contribution in [0, 0.1) is 12.8 Å². The first-order chi connectivity index (χ1) is 9.47. The van der Waals surface area contributed by atoms with Crippen molar-refractivity contribution >= 4 is 23.2 Å². The van der Waals surface area contributed by atoms with Crippen LogP contribution in [0.2, 0.25) is 0 Å². The lowest BCUT2D eigenvalue weighted by atomic mass is 10.1. The van der Waals surface area contributed by atoms with Crippen LogP contribution in [-0.4, -0.2) is 37.4 Å². The fourth-order valence-electron chi connectivity index (χ4n) is 1.96. The number of nitrogens with zero attached hydrogens (tertiary/aromatic N) is 1. The van der Waals surface area contributed by atoms with Gasteiger partial charge in [-0.05, 0) is 51.6 Å². The van der Waals surface area contributed by atoms with Crippen LogP contribution < -0.4 is 10.6 Å². The summed E-state index contributed by atoms with van der Waals surface area (Å²) in [5.74, 6) is 0.176. The highest BCUT2D eigenvalue weighted by molar-refractivity contribution is 5.97. The molecule has 0 aromatic heterocycles. The van der Waals surface area contributed by atoms with Crippen molar-refractivity contribution in [3.05, 3.63) is 23.8 Å². The number of carbonyl (C=O) groups excluding carboxylic acids is 2. The highest BCUT2D eigenvalue weighted by Gasteiger charge is 2.29. The summed E-state index contributed by atoms with van der Waals surface area (Å²) >= 11 is 0. The molecule has 1 aliphatic rings. The number of benzene rings is 1. The SMILES string of the molecule is Cc1c(NC(=O)CN(C)C)cccc1NC(=O)C1CC1. The van der Waals surface area contributed by atoms with Gasteiger partial charge in [0.15, 0.2) is 0 Å². The molecule has 1 aromatic carbocycles. The lowest BCUT2D eigenvalue weighted by Gasteiger charge is -2.15. The summed E-state index contributed by atoms with van der Waals surface area (Å²) in [4.78, 5) is 25.4. The molecule has 1 fully saturated rings. The number of anilines is 2. The van der Waals surface area contributed by atoms with Gasteiger partial charge in [0.1, 0.15) is 0 Å². The number of rotatable bonds is 5. The van der Waals surface area contributed by atoms with Gasteiger partial charge in [0.2, 0.25) is 11.8 Å². The Morgan fingerprint density at radius 3 is 2.35 bits per heavy atom. The second kappa shape index (κ2) is 6.05. The summed E-state index contributed by atoms with van der Waals surface area (Å²) in [7, 11) is 3.69. The smallest absolute Gasteiger partial charge is 0.238 e. The average molecular weight is 275 g/mol. The maximum Gasteiger partial charge on any atom is 0.238 e. The van der Waals surface area contributed by atoms with Gasteiger partial charge in [-0.25, -0.2) is 0 Å². The van der Waals surface area contributed by atoms with Gasteiger partial charge in [0, 0.05) is 17.3 Å². The zero-order chi connectivity index (χ0) is 14.7. The van der Waals surface area contributed by atoms with E-state index < -0.39 is 0 Å². The Labute approximate surface area is 119 Å². The molecule has 1 aromatic rings. The van der Waals surface area contributed by atoms with E-state index >= 15 is 0 Å². The summed E-state index contributed by atoms with van der Waals surface area (Å²) in [5, 5.41) is 5.79. The molecular formula is C15H21N3O2. The largest absolute Gasteiger partial charge is 0.326 e. The predicted molar refractivity (Wildman–Crippen MR) is 79.7 cm³/mol. The Balaban J connectivity index is 2.06. The predicted octanol–water partition coefficient (Wildman–Crippen LogP) is 1.84. The van der Waals surface area contributed by atoms with Crippen molar-refractivity contribution in [1.29, 1.82) is 0 Å². The molecule has 2 amide bonds. The van der Waals surface area contributed by atoms with Gasteiger partial charge in [-0.2, -0.15) is 0 Å². The zero-order valence-electron chi connectivity index (χ0n) is 12.2. The van der Waals surface area contributed by atoms with Crippen LogP contribution in [0.25, 0.3) is 0 Å². The van der Waals surface area contributed by atoms with Crippen molar-refractivity contribution in [2.24, 2.45) is 5.92 Å². The van der Waals surface area contributed by atoms with Crippen LogP contribution in [0.3, 0.4) is 0 Å². The van der Waals surface area contributed by atoms with Crippen LogP contribution in [0.1, 0.15) is 18.4 Å². The Morgan fingerprint density at radius 1 is 1.20 bits per heavy atom. The molecule has 0 spiro atoms. The first-order valence-corrected chi connectivity index (χ1v) is 6.82. The van der Waals surface area contributed by atoms with E-state index in [1.807, 2.05) is 44.1 Å². The van der Waals surface area contributed by atoms with Crippen LogP contribution in [0.5, 0.6) is 0 Å². The second-order valence-electron chi connectivity index (χ2n) is 5.53. The molecule has 20 heavy (non-hydrogen) atoms. The topological polar surface area (TPSA) is 61.4 Å². The van der Waals surface area contributed by atoms with Crippen LogP contribution in [0.4, 0.5) is 11.4 Å². The molecule has 0 heterocycles. The molecule has 1 saturated carbocycles. The molecular weight excluding hydrogens is 254 g/mol. The molecule has 0 bridgehead atoms. The molecule has 5 nitrogen and oxygen atoms in total. The fraction of sp³-hybridized carbons (Fsp3) is 0.467. The van der Waals surface area contributed by atoms with Gasteiger partial charge >= 0.3 is 0 Å². The normalized spacial score (nSPS) is 14.2. The van der Waals surface area contributed by atoms with Crippen molar-refractivity contribution in [3.63, 3.8) is 0 Å². The molecule has 5 heteroatoms. The molecule has 0 saturated heterocycles. The molecule has 2 N–H and O–H groups in total. The second-order valence-corrected chi connectivity index (χ2v) is 5.53. The summed E-state index contributed by atoms with van der Waals surface area (Å²) in [6.07, 6.45) is 1.95. The van der Waals surface area contributed by atoms with Crippen LogP contribution in [0.15, 0.2) is 18.2 Å². The minimum atomic E-state index is -0.0660. The van der Waals surface area contributed by atoms with E-state index in [4.69, 9.17) is 0 Å². The number of carbonyl (C=O) groups is 2. The number of hydrogen-bond donors (Lipinski definition) is 2. The van der Waals surface area contributed by atoms with Gasteiger partial charge in [0.05, 0.1) is 6.54 Å². The van der Waals surface area contributed by atoms with Crippen molar-refractivity contribution in [2.45, 2.75) is 19.8 Å². The highest BCUT2D eigenvalue weighted by atomic mass is 16.2. The third-order valence-electron chi connectivity index (χ3n) is 3.27. The van der Waals surface area contributed by atoms with Gasteiger partial charge in [0.25, 0.3) is 0 Å². The molecule has 0 aliphatic heterocycles. The standard InChI is InChI=1S/C15H21N3O2/c1-10-12(16-14(19)9-18(2)3)5-4-6-13(10)17-15(20)11-7-8-11/h4-6,11H,7-9H2,1-3H3,(H,16,19)(H,17,20). The third-order valence-corrected chi connectivity index (χ3v) is 3.27. The minimum Gasteiger partial charge on any atom is -0.326 e. The zero-order valence-corrected chi connectivity index (χ0v) is 12.2. The molecule has 0 radical (unpaired) electrons.